The number of ether oxygens (including phenoxy) is 2. The van der Waals surface area contributed by atoms with Crippen molar-refractivity contribution in [1.29, 1.82) is 0 Å². The normalized spacial score (nSPS) is 15.7. The van der Waals surface area contributed by atoms with E-state index in [1.165, 1.54) is 24.3 Å². The quantitative estimate of drug-likeness (QED) is 0.366. The number of hydrogen-bond donors (Lipinski definition) is 0. The molecule has 1 fully saturated rings. The molecule has 1 aliphatic rings. The molecule has 0 amide bonds. The Hall–Kier alpha value is -3.03. The van der Waals surface area contributed by atoms with Crippen LogP contribution in [0.25, 0.3) is 0 Å². The Kier molecular flexibility index (Phi) is 4.37. The van der Waals surface area contributed by atoms with Crippen LogP contribution in [-0.4, -0.2) is 21.0 Å². The van der Waals surface area contributed by atoms with Crippen LogP contribution in [0.15, 0.2) is 42.9 Å². The lowest BCUT2D eigenvalue weighted by Crippen LogP contribution is -2.32. The molecule has 1 aromatic heterocycles. The Bertz CT molecular complexity index is 727. The van der Waals surface area contributed by atoms with Gasteiger partial charge in [-0.1, -0.05) is 0 Å². The molecule has 0 radical (unpaired) electrons. The number of nitro groups is 1. The molecule has 0 saturated heterocycles. The molecule has 2 aromatic rings. The number of non-ortho nitro benzene ring substituents is 1. The standard InChI is InChI=1S/C16H15N3O5/c20-15(23-13-5-3-12(4-6-13)19(21)22)24-16(7-1-2-8-16)14-11-17-9-10-18-14/h3-6,9-11H,1-2,7-8H2. The van der Waals surface area contributed by atoms with Crippen molar-refractivity contribution < 1.29 is 19.2 Å². The van der Waals surface area contributed by atoms with E-state index in [0.29, 0.717) is 18.5 Å². The second-order valence-corrected chi connectivity index (χ2v) is 5.50. The number of hydrogen-bond acceptors (Lipinski definition) is 7. The lowest BCUT2D eigenvalue weighted by Gasteiger charge is -2.27. The third-order valence-electron chi connectivity index (χ3n) is 3.97. The minimum absolute atomic E-state index is 0.0810. The summed E-state index contributed by atoms with van der Waals surface area (Å²) in [6.45, 7) is 0. The first-order chi connectivity index (χ1) is 11.6. The number of benzene rings is 1. The van der Waals surface area contributed by atoms with Crippen molar-refractivity contribution in [3.63, 3.8) is 0 Å². The Balaban J connectivity index is 1.71. The van der Waals surface area contributed by atoms with Crippen LogP contribution in [0.4, 0.5) is 10.5 Å². The summed E-state index contributed by atoms with van der Waals surface area (Å²) in [4.78, 5) is 30.5. The number of nitro benzene ring substituents is 1. The number of nitrogens with zero attached hydrogens (tertiary/aromatic N) is 3. The van der Waals surface area contributed by atoms with Crippen LogP contribution in [0.1, 0.15) is 31.4 Å². The molecule has 8 nitrogen and oxygen atoms in total. The first kappa shape index (κ1) is 15.9. The SMILES string of the molecule is O=C(Oc1ccc([N+](=O)[O-])cc1)OC1(c2cnccn2)CCCC1. The lowest BCUT2D eigenvalue weighted by atomic mass is 9.98. The fourth-order valence-corrected chi connectivity index (χ4v) is 2.80. The van der Waals surface area contributed by atoms with Gasteiger partial charge in [-0.2, -0.15) is 0 Å². The van der Waals surface area contributed by atoms with E-state index in [1.807, 2.05) is 0 Å². The molecular weight excluding hydrogens is 314 g/mol. The van der Waals surface area contributed by atoms with Crippen LogP contribution in [0.2, 0.25) is 0 Å². The van der Waals surface area contributed by atoms with Crippen LogP contribution in [-0.2, 0) is 10.3 Å². The van der Waals surface area contributed by atoms with E-state index < -0.39 is 16.7 Å². The number of rotatable bonds is 4. The molecule has 124 valence electrons. The van der Waals surface area contributed by atoms with Gasteiger partial charge in [-0.15, -0.1) is 0 Å². The van der Waals surface area contributed by atoms with Crippen LogP contribution in [0.5, 0.6) is 5.75 Å². The molecule has 1 saturated carbocycles. The van der Waals surface area contributed by atoms with Gasteiger partial charge in [0.2, 0.25) is 0 Å². The molecule has 0 unspecified atom stereocenters. The topological polar surface area (TPSA) is 104 Å². The average molecular weight is 329 g/mol. The third kappa shape index (κ3) is 3.32. The smallest absolute Gasteiger partial charge is 0.421 e. The molecule has 1 aliphatic carbocycles. The fraction of sp³-hybridized carbons (Fsp3) is 0.312. The van der Waals surface area contributed by atoms with Gasteiger partial charge in [0.25, 0.3) is 5.69 Å². The predicted molar refractivity (Wildman–Crippen MR) is 82.4 cm³/mol. The van der Waals surface area contributed by atoms with E-state index in [-0.39, 0.29) is 11.4 Å². The first-order valence-electron chi connectivity index (χ1n) is 7.51. The monoisotopic (exact) mass is 329 g/mol. The average Bonchev–Trinajstić information content (AvgIpc) is 3.05. The van der Waals surface area contributed by atoms with Gasteiger partial charge in [0.1, 0.15) is 11.4 Å². The van der Waals surface area contributed by atoms with E-state index in [9.17, 15) is 14.9 Å². The fourth-order valence-electron chi connectivity index (χ4n) is 2.80. The van der Waals surface area contributed by atoms with E-state index in [1.54, 1.807) is 18.6 Å². The Morgan fingerprint density at radius 3 is 2.46 bits per heavy atom. The largest absolute Gasteiger partial charge is 0.514 e. The van der Waals surface area contributed by atoms with Gasteiger partial charge in [-0.3, -0.25) is 20.1 Å². The van der Waals surface area contributed by atoms with Gasteiger partial charge in [0.05, 0.1) is 11.1 Å². The highest BCUT2D eigenvalue weighted by molar-refractivity contribution is 5.65. The summed E-state index contributed by atoms with van der Waals surface area (Å²) in [5.74, 6) is 0.179. The van der Waals surface area contributed by atoms with Crippen molar-refractivity contribution in [2.45, 2.75) is 31.3 Å². The van der Waals surface area contributed by atoms with Crippen LogP contribution in [0.3, 0.4) is 0 Å². The number of aromatic nitrogens is 2. The lowest BCUT2D eigenvalue weighted by molar-refractivity contribution is -0.384. The van der Waals surface area contributed by atoms with Gasteiger partial charge in [0.15, 0.2) is 5.60 Å². The summed E-state index contributed by atoms with van der Waals surface area (Å²) in [6, 6.07) is 5.22. The van der Waals surface area contributed by atoms with Gasteiger partial charge in [0, 0.05) is 24.5 Å². The van der Waals surface area contributed by atoms with Crippen LogP contribution >= 0.6 is 0 Å². The zero-order valence-corrected chi connectivity index (χ0v) is 12.8. The molecule has 0 atom stereocenters. The Morgan fingerprint density at radius 2 is 1.88 bits per heavy atom. The Labute approximate surface area is 137 Å². The summed E-state index contributed by atoms with van der Waals surface area (Å²) in [7, 11) is 0. The minimum Gasteiger partial charge on any atom is -0.421 e. The van der Waals surface area contributed by atoms with E-state index in [4.69, 9.17) is 9.47 Å². The maximum Gasteiger partial charge on any atom is 0.514 e. The zero-order chi connectivity index (χ0) is 17.0. The summed E-state index contributed by atoms with van der Waals surface area (Å²) in [5.41, 5.74) is -0.308. The van der Waals surface area contributed by atoms with Gasteiger partial charge < -0.3 is 9.47 Å². The van der Waals surface area contributed by atoms with Crippen molar-refractivity contribution in [1.82, 2.24) is 9.97 Å². The molecular formula is C16H15N3O5. The highest BCUT2D eigenvalue weighted by Gasteiger charge is 2.41. The maximum absolute atomic E-state index is 12.1. The molecule has 0 spiro atoms. The molecule has 24 heavy (non-hydrogen) atoms. The molecule has 3 rings (SSSR count). The number of carbonyl (C=O) groups excluding carboxylic acids is 1. The molecule has 1 aromatic carbocycles. The highest BCUT2D eigenvalue weighted by Crippen LogP contribution is 2.41. The van der Waals surface area contributed by atoms with Crippen LogP contribution in [0, 0.1) is 10.1 Å². The third-order valence-corrected chi connectivity index (χ3v) is 3.97. The number of carbonyl (C=O) groups is 1. The molecule has 0 aliphatic heterocycles. The first-order valence-corrected chi connectivity index (χ1v) is 7.51. The predicted octanol–water partition coefficient (Wildman–Crippen LogP) is 3.37. The van der Waals surface area contributed by atoms with Gasteiger partial charge in [-0.05, 0) is 37.8 Å². The summed E-state index contributed by atoms with van der Waals surface area (Å²) in [6.07, 6.45) is 6.98. The summed E-state index contributed by atoms with van der Waals surface area (Å²) in [5, 5.41) is 10.6. The van der Waals surface area contributed by atoms with Crippen LogP contribution < -0.4 is 4.74 Å². The second kappa shape index (κ2) is 6.61. The van der Waals surface area contributed by atoms with Gasteiger partial charge in [-0.25, -0.2) is 4.79 Å². The van der Waals surface area contributed by atoms with Gasteiger partial charge >= 0.3 is 6.16 Å². The summed E-state index contributed by atoms with van der Waals surface area (Å²) < 4.78 is 10.7. The zero-order valence-electron chi connectivity index (χ0n) is 12.8. The Morgan fingerprint density at radius 1 is 1.17 bits per heavy atom. The maximum atomic E-state index is 12.1. The van der Waals surface area contributed by atoms with Crippen molar-refractivity contribution in [2.75, 3.05) is 0 Å². The minimum atomic E-state index is -0.864. The molecule has 0 N–H and O–H groups in total. The second-order valence-electron chi connectivity index (χ2n) is 5.50. The molecule has 1 heterocycles. The molecule has 8 heteroatoms. The molecule has 0 bridgehead atoms. The van der Waals surface area contributed by atoms with Crippen molar-refractivity contribution in [3.8, 4) is 5.75 Å². The van der Waals surface area contributed by atoms with E-state index in [2.05, 4.69) is 9.97 Å². The van der Waals surface area contributed by atoms with E-state index >= 15 is 0 Å². The van der Waals surface area contributed by atoms with Crippen molar-refractivity contribution in [2.24, 2.45) is 0 Å². The van der Waals surface area contributed by atoms with E-state index in [0.717, 1.165) is 12.8 Å². The summed E-state index contributed by atoms with van der Waals surface area (Å²) >= 11 is 0. The van der Waals surface area contributed by atoms with Crippen molar-refractivity contribution in [3.05, 3.63) is 58.7 Å². The van der Waals surface area contributed by atoms with Crippen molar-refractivity contribution >= 4 is 11.8 Å². The highest BCUT2D eigenvalue weighted by atomic mass is 16.7.